The molecule has 2 heterocycles. The van der Waals surface area contributed by atoms with Crippen molar-refractivity contribution < 1.29 is 19.4 Å². The molecule has 4 atom stereocenters. The fourth-order valence-corrected chi connectivity index (χ4v) is 3.38. The van der Waals surface area contributed by atoms with Gasteiger partial charge in [-0.2, -0.15) is 0 Å². The maximum atomic E-state index is 12.5. The number of ether oxygens (including phenoxy) is 1. The zero-order chi connectivity index (χ0) is 15.4. The fraction of sp³-hybridized carbons (Fsp3) is 0.867. The normalized spacial score (nSPS) is 31.1. The maximum Gasteiger partial charge on any atom is 0.303 e. The Bertz CT molecular complexity index is 388. The molecule has 0 saturated carbocycles. The van der Waals surface area contributed by atoms with Crippen molar-refractivity contribution in [3.05, 3.63) is 0 Å². The Morgan fingerprint density at radius 1 is 1.38 bits per heavy atom. The summed E-state index contributed by atoms with van der Waals surface area (Å²) in [5, 5.41) is 8.91. The van der Waals surface area contributed by atoms with E-state index in [1.54, 1.807) is 0 Å². The van der Waals surface area contributed by atoms with Crippen LogP contribution in [0.2, 0.25) is 0 Å². The molecule has 6 nitrogen and oxygen atoms in total. The van der Waals surface area contributed by atoms with Crippen molar-refractivity contribution in [2.24, 2.45) is 17.6 Å². The summed E-state index contributed by atoms with van der Waals surface area (Å²) in [4.78, 5) is 25.2. The summed E-state index contributed by atoms with van der Waals surface area (Å²) in [5.74, 6) is -0.348. The summed E-state index contributed by atoms with van der Waals surface area (Å²) in [6.07, 6.45) is 3.34. The summed E-state index contributed by atoms with van der Waals surface area (Å²) < 4.78 is 5.68. The molecule has 2 aliphatic rings. The molecule has 0 aromatic rings. The van der Waals surface area contributed by atoms with Gasteiger partial charge in [0.1, 0.15) is 6.10 Å². The minimum absolute atomic E-state index is 0.00507. The van der Waals surface area contributed by atoms with Crippen LogP contribution in [0.3, 0.4) is 0 Å². The number of carboxylic acids is 1. The van der Waals surface area contributed by atoms with Crippen molar-refractivity contribution in [1.82, 2.24) is 4.90 Å². The van der Waals surface area contributed by atoms with E-state index in [9.17, 15) is 9.59 Å². The molecule has 0 spiro atoms. The van der Waals surface area contributed by atoms with Gasteiger partial charge in [0.05, 0.1) is 6.10 Å². The highest BCUT2D eigenvalue weighted by atomic mass is 16.5. The van der Waals surface area contributed by atoms with Crippen LogP contribution >= 0.6 is 0 Å². The van der Waals surface area contributed by atoms with Gasteiger partial charge >= 0.3 is 5.97 Å². The van der Waals surface area contributed by atoms with Crippen molar-refractivity contribution >= 4 is 11.9 Å². The minimum atomic E-state index is -0.768. The van der Waals surface area contributed by atoms with Gasteiger partial charge in [0.2, 0.25) is 0 Å². The van der Waals surface area contributed by atoms with Gasteiger partial charge < -0.3 is 20.5 Å². The van der Waals surface area contributed by atoms with Crippen molar-refractivity contribution in [2.75, 3.05) is 19.6 Å². The second-order valence-corrected chi connectivity index (χ2v) is 6.32. The van der Waals surface area contributed by atoms with Gasteiger partial charge in [-0.15, -0.1) is 0 Å². The third-order valence-electron chi connectivity index (χ3n) is 4.72. The minimum Gasteiger partial charge on any atom is -0.481 e. The molecule has 0 aromatic heterocycles. The summed E-state index contributed by atoms with van der Waals surface area (Å²) in [6.45, 7) is 3.83. The largest absolute Gasteiger partial charge is 0.481 e. The Morgan fingerprint density at radius 2 is 2.14 bits per heavy atom. The monoisotopic (exact) mass is 298 g/mol. The molecule has 1 amide bonds. The van der Waals surface area contributed by atoms with E-state index >= 15 is 0 Å². The van der Waals surface area contributed by atoms with Gasteiger partial charge in [0, 0.05) is 26.1 Å². The second kappa shape index (κ2) is 7.22. The van der Waals surface area contributed by atoms with Crippen molar-refractivity contribution in [2.45, 2.75) is 51.2 Å². The predicted molar refractivity (Wildman–Crippen MR) is 77.7 cm³/mol. The van der Waals surface area contributed by atoms with Crippen LogP contribution in [-0.4, -0.2) is 53.7 Å². The average Bonchev–Trinajstić information content (AvgIpc) is 2.95. The van der Waals surface area contributed by atoms with E-state index in [1.165, 1.54) is 0 Å². The van der Waals surface area contributed by atoms with Gasteiger partial charge in [-0.3, -0.25) is 9.59 Å². The third-order valence-corrected chi connectivity index (χ3v) is 4.72. The lowest BCUT2D eigenvalue weighted by Gasteiger charge is -2.36. The van der Waals surface area contributed by atoms with Gasteiger partial charge in [0.15, 0.2) is 0 Å². The van der Waals surface area contributed by atoms with Crippen LogP contribution in [0.5, 0.6) is 0 Å². The first-order chi connectivity index (χ1) is 10.0. The molecule has 2 saturated heterocycles. The number of rotatable bonds is 5. The zero-order valence-corrected chi connectivity index (χ0v) is 12.7. The maximum absolute atomic E-state index is 12.5. The van der Waals surface area contributed by atoms with Crippen molar-refractivity contribution in [3.8, 4) is 0 Å². The molecule has 0 aliphatic carbocycles. The first-order valence-electron chi connectivity index (χ1n) is 7.87. The SMILES string of the molecule is CC(CC(=O)O)C1CCCN(C(=O)C2CCC(CN)O2)C1. The fourth-order valence-electron chi connectivity index (χ4n) is 3.38. The molecule has 4 unspecified atom stereocenters. The van der Waals surface area contributed by atoms with Crippen LogP contribution in [0.25, 0.3) is 0 Å². The van der Waals surface area contributed by atoms with E-state index in [0.29, 0.717) is 13.1 Å². The Balaban J connectivity index is 1.88. The second-order valence-electron chi connectivity index (χ2n) is 6.32. The first kappa shape index (κ1) is 16.2. The topological polar surface area (TPSA) is 92.9 Å². The standard InChI is InChI=1S/C15H26N2O4/c1-10(7-14(18)19)11-3-2-6-17(9-11)15(20)13-5-4-12(8-16)21-13/h10-13H,2-9,16H2,1H3,(H,18,19). The predicted octanol–water partition coefficient (Wildman–Crippen LogP) is 0.842. The van der Waals surface area contributed by atoms with E-state index in [0.717, 1.165) is 32.2 Å². The molecule has 0 aromatic carbocycles. The van der Waals surface area contributed by atoms with Gasteiger partial charge in [0.25, 0.3) is 5.91 Å². The average molecular weight is 298 g/mol. The highest BCUT2D eigenvalue weighted by Crippen LogP contribution is 2.28. The van der Waals surface area contributed by atoms with Crippen LogP contribution in [0, 0.1) is 11.8 Å². The summed E-state index contributed by atoms with van der Waals surface area (Å²) >= 11 is 0. The molecule has 2 aliphatic heterocycles. The Hall–Kier alpha value is -1.14. The molecular formula is C15H26N2O4. The number of hydrogen-bond donors (Lipinski definition) is 2. The van der Waals surface area contributed by atoms with Gasteiger partial charge in [-0.25, -0.2) is 0 Å². The number of amides is 1. The summed E-state index contributed by atoms with van der Waals surface area (Å²) in [6, 6.07) is 0. The Kier molecular flexibility index (Phi) is 5.58. The lowest BCUT2D eigenvalue weighted by molar-refractivity contribution is -0.145. The van der Waals surface area contributed by atoms with E-state index in [-0.39, 0.29) is 36.4 Å². The molecule has 21 heavy (non-hydrogen) atoms. The summed E-state index contributed by atoms with van der Waals surface area (Å²) in [5.41, 5.74) is 5.58. The molecule has 0 radical (unpaired) electrons. The number of piperidine rings is 1. The molecular weight excluding hydrogens is 272 g/mol. The smallest absolute Gasteiger partial charge is 0.303 e. The van der Waals surface area contributed by atoms with Crippen LogP contribution < -0.4 is 5.73 Å². The third kappa shape index (κ3) is 4.17. The number of carboxylic acid groups (broad SMARTS) is 1. The summed E-state index contributed by atoms with van der Waals surface area (Å²) in [7, 11) is 0. The van der Waals surface area contributed by atoms with E-state index in [2.05, 4.69) is 0 Å². The van der Waals surface area contributed by atoms with Crippen LogP contribution in [-0.2, 0) is 14.3 Å². The molecule has 2 rings (SSSR count). The molecule has 2 fully saturated rings. The zero-order valence-electron chi connectivity index (χ0n) is 12.7. The number of hydrogen-bond acceptors (Lipinski definition) is 4. The van der Waals surface area contributed by atoms with Crippen molar-refractivity contribution in [3.63, 3.8) is 0 Å². The van der Waals surface area contributed by atoms with E-state index in [1.807, 2.05) is 11.8 Å². The molecule has 120 valence electrons. The Morgan fingerprint density at radius 3 is 2.76 bits per heavy atom. The van der Waals surface area contributed by atoms with Crippen molar-refractivity contribution in [1.29, 1.82) is 0 Å². The van der Waals surface area contributed by atoms with Gasteiger partial charge in [-0.1, -0.05) is 6.92 Å². The highest BCUT2D eigenvalue weighted by Gasteiger charge is 2.35. The number of carbonyl (C=O) groups is 2. The van der Waals surface area contributed by atoms with E-state index < -0.39 is 5.97 Å². The van der Waals surface area contributed by atoms with Crippen LogP contribution in [0.1, 0.15) is 39.0 Å². The lowest BCUT2D eigenvalue weighted by Crippen LogP contribution is -2.46. The molecule has 3 N–H and O–H groups in total. The highest BCUT2D eigenvalue weighted by molar-refractivity contribution is 5.81. The molecule has 0 bridgehead atoms. The molecule has 6 heteroatoms. The first-order valence-corrected chi connectivity index (χ1v) is 7.87. The van der Waals surface area contributed by atoms with Gasteiger partial charge in [-0.05, 0) is 37.5 Å². The Labute approximate surface area is 125 Å². The van der Waals surface area contributed by atoms with Crippen LogP contribution in [0.15, 0.2) is 0 Å². The van der Waals surface area contributed by atoms with Crippen LogP contribution in [0.4, 0.5) is 0 Å². The number of nitrogens with two attached hydrogens (primary N) is 1. The lowest BCUT2D eigenvalue weighted by atomic mass is 9.84. The number of likely N-dealkylation sites (tertiary alicyclic amines) is 1. The quantitative estimate of drug-likeness (QED) is 0.784. The number of nitrogens with zero attached hydrogens (tertiary/aromatic N) is 1. The number of aliphatic carboxylic acids is 1. The number of carbonyl (C=O) groups excluding carboxylic acids is 1. The van der Waals surface area contributed by atoms with E-state index in [4.69, 9.17) is 15.6 Å².